The lowest BCUT2D eigenvalue weighted by atomic mass is 9.86. The molecule has 28 heavy (non-hydrogen) atoms. The molecule has 0 spiro atoms. The molecule has 1 aliphatic rings. The van der Waals surface area contributed by atoms with Gasteiger partial charge in [0.05, 0.1) is 12.1 Å². The molecule has 2 unspecified atom stereocenters. The molecule has 2 aromatic carbocycles. The number of aliphatic carboxylic acids is 1. The van der Waals surface area contributed by atoms with Crippen molar-refractivity contribution in [2.24, 2.45) is 0 Å². The van der Waals surface area contributed by atoms with Crippen LogP contribution in [0, 0.1) is 0 Å². The van der Waals surface area contributed by atoms with Crippen molar-refractivity contribution in [2.45, 2.75) is 38.1 Å². The minimum absolute atomic E-state index is 0.0964. The highest BCUT2D eigenvalue weighted by atomic mass is 16.5. The van der Waals surface area contributed by atoms with Crippen molar-refractivity contribution in [1.82, 2.24) is 10.6 Å². The Hall–Kier alpha value is -3.19. The van der Waals surface area contributed by atoms with Gasteiger partial charge in [0.1, 0.15) is 12.6 Å². The zero-order valence-corrected chi connectivity index (χ0v) is 15.4. The van der Waals surface area contributed by atoms with Crippen molar-refractivity contribution < 1.29 is 24.2 Å². The van der Waals surface area contributed by atoms with E-state index < -0.39 is 30.2 Å². The number of carbonyl (C=O) groups is 3. The predicted molar refractivity (Wildman–Crippen MR) is 102 cm³/mol. The number of nitrogens with one attached hydrogen (secondary N) is 2. The van der Waals surface area contributed by atoms with Crippen LogP contribution in [0.15, 0.2) is 54.6 Å². The molecule has 0 aromatic heterocycles. The van der Waals surface area contributed by atoms with Gasteiger partial charge in [-0.3, -0.25) is 14.9 Å². The third-order valence-electron chi connectivity index (χ3n) is 4.71. The molecule has 1 heterocycles. The summed E-state index contributed by atoms with van der Waals surface area (Å²) in [5.74, 6) is -1.34. The topological polar surface area (TPSA) is 105 Å². The Balaban J connectivity index is 1.65. The molecular weight excluding hydrogens is 360 g/mol. The maximum absolute atomic E-state index is 12.9. The summed E-state index contributed by atoms with van der Waals surface area (Å²) in [5, 5.41) is 14.8. The van der Waals surface area contributed by atoms with Crippen molar-refractivity contribution >= 4 is 17.8 Å². The van der Waals surface area contributed by atoms with Gasteiger partial charge in [-0.1, -0.05) is 54.6 Å². The monoisotopic (exact) mass is 382 g/mol. The van der Waals surface area contributed by atoms with Crippen LogP contribution in [0.5, 0.6) is 0 Å². The van der Waals surface area contributed by atoms with Crippen LogP contribution in [-0.4, -0.2) is 35.0 Å². The number of carboxylic acid groups (broad SMARTS) is 1. The number of benzene rings is 2. The first-order valence-corrected chi connectivity index (χ1v) is 9.03. The van der Waals surface area contributed by atoms with Gasteiger partial charge in [-0.15, -0.1) is 0 Å². The largest absolute Gasteiger partial charge is 0.480 e. The number of alkyl carbamates (subject to hydrolysis) is 1. The molecular formula is C21H22N2O5. The van der Waals surface area contributed by atoms with Crippen LogP contribution in [0.3, 0.4) is 0 Å². The van der Waals surface area contributed by atoms with E-state index in [4.69, 9.17) is 4.74 Å². The molecule has 0 radical (unpaired) electrons. The molecule has 3 rings (SSSR count). The van der Waals surface area contributed by atoms with Crippen molar-refractivity contribution in [3.63, 3.8) is 0 Å². The minimum atomic E-state index is -1.02. The van der Waals surface area contributed by atoms with Gasteiger partial charge >= 0.3 is 12.1 Å². The number of hydrogen-bond donors (Lipinski definition) is 3. The average Bonchev–Trinajstić information content (AvgIpc) is 2.71. The number of rotatable bonds is 6. The number of amides is 1. The summed E-state index contributed by atoms with van der Waals surface area (Å²) in [4.78, 5) is 36.4. The number of hydrogen-bond acceptors (Lipinski definition) is 5. The molecule has 1 aliphatic heterocycles. The summed E-state index contributed by atoms with van der Waals surface area (Å²) < 4.78 is 5.15. The quantitative estimate of drug-likeness (QED) is 0.708. The minimum Gasteiger partial charge on any atom is -0.480 e. The highest BCUT2D eigenvalue weighted by molar-refractivity contribution is 5.93. The third-order valence-corrected chi connectivity index (χ3v) is 4.71. The fourth-order valence-electron chi connectivity index (χ4n) is 3.23. The van der Waals surface area contributed by atoms with E-state index in [1.807, 2.05) is 42.5 Å². The summed E-state index contributed by atoms with van der Waals surface area (Å²) in [5.41, 5.74) is 2.38. The third kappa shape index (κ3) is 4.55. The number of fused-ring (bicyclic) bond motifs is 1. The fourth-order valence-corrected chi connectivity index (χ4v) is 3.23. The van der Waals surface area contributed by atoms with Crippen molar-refractivity contribution in [1.29, 1.82) is 0 Å². The van der Waals surface area contributed by atoms with Crippen LogP contribution in [0.4, 0.5) is 4.79 Å². The number of carbonyl (C=O) groups excluding carboxylic acids is 2. The van der Waals surface area contributed by atoms with E-state index in [1.54, 1.807) is 19.1 Å². The first kappa shape index (κ1) is 19.6. The Bertz CT molecular complexity index is 868. The summed E-state index contributed by atoms with van der Waals surface area (Å²) >= 11 is 0. The van der Waals surface area contributed by atoms with E-state index >= 15 is 0 Å². The lowest BCUT2D eigenvalue weighted by Crippen LogP contribution is -2.51. The first-order valence-electron chi connectivity index (χ1n) is 9.03. The summed E-state index contributed by atoms with van der Waals surface area (Å²) in [6.07, 6.45) is -0.403. The number of ketones is 1. The standard InChI is InChI=1S/C21H22N2O5/c1-13(22-21(27)28-12-14-7-3-2-4-8-14)19(24)18-16-10-6-5-9-15(16)11-17(23-18)20(25)26/h2-10,13,17-18,23H,11-12H2,1H3,(H,22,27)(H,25,26)/t13-,17?,18?/m0/s1. The van der Waals surface area contributed by atoms with Crippen LogP contribution in [0.2, 0.25) is 0 Å². The van der Waals surface area contributed by atoms with E-state index in [2.05, 4.69) is 10.6 Å². The Labute approximate surface area is 162 Å². The molecule has 3 atom stereocenters. The van der Waals surface area contributed by atoms with Gasteiger partial charge in [-0.25, -0.2) is 4.79 Å². The molecule has 0 saturated carbocycles. The number of ether oxygens (including phenoxy) is 1. The second kappa shape index (κ2) is 8.67. The lowest BCUT2D eigenvalue weighted by molar-refractivity contribution is -0.140. The van der Waals surface area contributed by atoms with Crippen LogP contribution >= 0.6 is 0 Å². The molecule has 0 bridgehead atoms. The Morgan fingerprint density at radius 1 is 1.14 bits per heavy atom. The van der Waals surface area contributed by atoms with Gasteiger partial charge in [-0.2, -0.15) is 0 Å². The predicted octanol–water partition coefficient (Wildman–Crippen LogP) is 2.21. The summed E-state index contributed by atoms with van der Waals surface area (Å²) in [7, 11) is 0. The number of carboxylic acids is 1. The van der Waals surface area contributed by atoms with Gasteiger partial charge in [-0.05, 0) is 30.0 Å². The zero-order chi connectivity index (χ0) is 20.1. The van der Waals surface area contributed by atoms with E-state index in [0.29, 0.717) is 6.42 Å². The molecule has 2 aromatic rings. The van der Waals surface area contributed by atoms with Gasteiger partial charge < -0.3 is 15.2 Å². The summed E-state index contributed by atoms with van der Waals surface area (Å²) in [6, 6.07) is 13.9. The molecule has 7 heteroatoms. The van der Waals surface area contributed by atoms with E-state index in [1.165, 1.54) is 0 Å². The number of Topliss-reactive ketones (excluding diaryl/α,β-unsaturated/α-hetero) is 1. The zero-order valence-electron chi connectivity index (χ0n) is 15.4. The van der Waals surface area contributed by atoms with Crippen LogP contribution in [-0.2, 0) is 27.4 Å². The Morgan fingerprint density at radius 3 is 2.54 bits per heavy atom. The van der Waals surface area contributed by atoms with Gasteiger partial charge in [0.2, 0.25) is 0 Å². The van der Waals surface area contributed by atoms with E-state index in [9.17, 15) is 19.5 Å². The maximum atomic E-state index is 12.9. The second-order valence-electron chi connectivity index (χ2n) is 6.72. The Morgan fingerprint density at radius 2 is 1.82 bits per heavy atom. The average molecular weight is 382 g/mol. The normalized spacial score (nSPS) is 19.2. The smallest absolute Gasteiger partial charge is 0.408 e. The molecule has 0 saturated heterocycles. The van der Waals surface area contributed by atoms with Gasteiger partial charge in [0, 0.05) is 0 Å². The van der Waals surface area contributed by atoms with Crippen molar-refractivity contribution in [3.8, 4) is 0 Å². The Kier molecular flexibility index (Phi) is 6.06. The summed E-state index contributed by atoms with van der Waals surface area (Å²) in [6.45, 7) is 1.65. The first-order chi connectivity index (χ1) is 13.5. The molecule has 0 aliphatic carbocycles. The van der Waals surface area contributed by atoms with Gasteiger partial charge in [0.15, 0.2) is 5.78 Å². The maximum Gasteiger partial charge on any atom is 0.408 e. The van der Waals surface area contributed by atoms with Crippen LogP contribution < -0.4 is 10.6 Å². The van der Waals surface area contributed by atoms with E-state index in [-0.39, 0.29) is 12.4 Å². The molecule has 7 nitrogen and oxygen atoms in total. The lowest BCUT2D eigenvalue weighted by Gasteiger charge is -2.31. The van der Waals surface area contributed by atoms with E-state index in [0.717, 1.165) is 16.7 Å². The molecule has 3 N–H and O–H groups in total. The highest BCUT2D eigenvalue weighted by Gasteiger charge is 2.36. The van der Waals surface area contributed by atoms with Crippen molar-refractivity contribution in [3.05, 3.63) is 71.3 Å². The second-order valence-corrected chi connectivity index (χ2v) is 6.72. The van der Waals surface area contributed by atoms with Crippen molar-refractivity contribution in [2.75, 3.05) is 0 Å². The molecule has 146 valence electrons. The highest BCUT2D eigenvalue weighted by Crippen LogP contribution is 2.27. The molecule has 1 amide bonds. The van der Waals surface area contributed by atoms with Crippen LogP contribution in [0.25, 0.3) is 0 Å². The fraction of sp³-hybridized carbons (Fsp3) is 0.286. The SMILES string of the molecule is C[C@H](NC(=O)OCc1ccccc1)C(=O)C1NC(C(=O)O)Cc2ccccc21. The molecule has 0 fully saturated rings. The van der Waals surface area contributed by atoms with Gasteiger partial charge in [0.25, 0.3) is 0 Å². The van der Waals surface area contributed by atoms with Crippen LogP contribution in [0.1, 0.15) is 29.7 Å².